The molecule has 1 aliphatic rings. The number of fused-ring (bicyclic) bond motifs is 1. The van der Waals surface area contributed by atoms with Gasteiger partial charge in [0.25, 0.3) is 5.91 Å². The fourth-order valence-electron chi connectivity index (χ4n) is 2.93. The highest BCUT2D eigenvalue weighted by molar-refractivity contribution is 6.35. The molecule has 1 aliphatic heterocycles. The van der Waals surface area contributed by atoms with Gasteiger partial charge < -0.3 is 14.4 Å². The first-order valence-corrected chi connectivity index (χ1v) is 8.17. The molecule has 1 fully saturated rings. The highest BCUT2D eigenvalue weighted by Gasteiger charge is 2.22. The molecule has 1 heterocycles. The van der Waals surface area contributed by atoms with Crippen LogP contribution in [0.25, 0.3) is 10.8 Å². The number of hydrogen-bond acceptors (Lipinski definition) is 3. The van der Waals surface area contributed by atoms with Crippen LogP contribution in [-0.4, -0.2) is 43.7 Å². The Morgan fingerprint density at radius 1 is 1.17 bits per heavy atom. The van der Waals surface area contributed by atoms with Crippen LogP contribution < -0.4 is 4.74 Å². The second-order valence-electron chi connectivity index (χ2n) is 5.70. The molecule has 0 radical (unpaired) electrons. The lowest BCUT2D eigenvalue weighted by Crippen LogP contribution is -2.42. The van der Waals surface area contributed by atoms with Crippen LogP contribution in [0.1, 0.15) is 12.8 Å². The minimum absolute atomic E-state index is 0.0126. The van der Waals surface area contributed by atoms with Crippen molar-refractivity contribution in [2.75, 3.05) is 26.8 Å². The van der Waals surface area contributed by atoms with Crippen molar-refractivity contribution >= 4 is 28.3 Å². The number of methoxy groups -OCH3 is 1. The Morgan fingerprint density at radius 2 is 1.87 bits per heavy atom. The summed E-state index contributed by atoms with van der Waals surface area (Å²) < 4.78 is 11.1. The molecule has 0 unspecified atom stereocenters. The van der Waals surface area contributed by atoms with Crippen molar-refractivity contribution in [2.45, 2.75) is 18.9 Å². The Bertz CT molecular complexity index is 696. The van der Waals surface area contributed by atoms with Crippen LogP contribution in [0.2, 0.25) is 5.02 Å². The third-order valence-corrected chi connectivity index (χ3v) is 4.64. The van der Waals surface area contributed by atoms with Crippen LogP contribution in [0.3, 0.4) is 0 Å². The molecule has 0 aromatic heterocycles. The first kappa shape index (κ1) is 16.1. The van der Waals surface area contributed by atoms with Crippen molar-refractivity contribution < 1.29 is 14.3 Å². The quantitative estimate of drug-likeness (QED) is 0.859. The number of hydrogen-bond donors (Lipinski definition) is 0. The predicted molar refractivity (Wildman–Crippen MR) is 91.1 cm³/mol. The van der Waals surface area contributed by atoms with Crippen LogP contribution in [0, 0.1) is 0 Å². The summed E-state index contributed by atoms with van der Waals surface area (Å²) in [4.78, 5) is 14.1. The highest BCUT2D eigenvalue weighted by atomic mass is 35.5. The van der Waals surface area contributed by atoms with E-state index in [9.17, 15) is 4.79 Å². The summed E-state index contributed by atoms with van der Waals surface area (Å²) in [5, 5.41) is 2.53. The summed E-state index contributed by atoms with van der Waals surface area (Å²) in [6.45, 7) is 1.49. The Labute approximate surface area is 140 Å². The summed E-state index contributed by atoms with van der Waals surface area (Å²) in [6.07, 6.45) is 2.03. The van der Waals surface area contributed by atoms with E-state index in [4.69, 9.17) is 21.1 Å². The minimum atomic E-state index is 0.0126. The number of carbonyl (C=O) groups is 1. The zero-order chi connectivity index (χ0) is 16.2. The van der Waals surface area contributed by atoms with Crippen LogP contribution in [0.5, 0.6) is 5.75 Å². The lowest BCUT2D eigenvalue weighted by Gasteiger charge is -2.31. The highest BCUT2D eigenvalue weighted by Crippen LogP contribution is 2.31. The third kappa shape index (κ3) is 3.59. The molecule has 122 valence electrons. The van der Waals surface area contributed by atoms with Gasteiger partial charge in [0, 0.05) is 36.0 Å². The molecule has 1 saturated heterocycles. The summed E-state index contributed by atoms with van der Waals surface area (Å²) in [7, 11) is 1.72. The zero-order valence-corrected chi connectivity index (χ0v) is 13.9. The summed E-state index contributed by atoms with van der Waals surface area (Å²) in [5.41, 5.74) is 0. The summed E-state index contributed by atoms with van der Waals surface area (Å²) in [5.74, 6) is 0.698. The third-order valence-electron chi connectivity index (χ3n) is 4.31. The van der Waals surface area contributed by atoms with Crippen molar-refractivity contribution in [3.8, 4) is 5.75 Å². The normalized spacial score (nSPS) is 15.8. The topological polar surface area (TPSA) is 38.8 Å². The zero-order valence-electron chi connectivity index (χ0n) is 13.1. The monoisotopic (exact) mass is 333 g/mol. The summed E-state index contributed by atoms with van der Waals surface area (Å²) >= 11 is 6.20. The minimum Gasteiger partial charge on any atom is -0.483 e. The van der Waals surface area contributed by atoms with Crippen molar-refractivity contribution in [1.82, 2.24) is 4.90 Å². The average molecular weight is 334 g/mol. The van der Waals surface area contributed by atoms with Crippen LogP contribution in [0.4, 0.5) is 0 Å². The molecule has 1 amide bonds. The Kier molecular flexibility index (Phi) is 5.03. The van der Waals surface area contributed by atoms with Gasteiger partial charge in [-0.25, -0.2) is 0 Å². The molecule has 0 spiro atoms. The lowest BCUT2D eigenvalue weighted by molar-refractivity contribution is -0.135. The number of carbonyl (C=O) groups excluding carboxylic acids is 1. The second-order valence-corrected chi connectivity index (χ2v) is 6.10. The van der Waals surface area contributed by atoms with E-state index in [-0.39, 0.29) is 18.6 Å². The largest absolute Gasteiger partial charge is 0.483 e. The Hall–Kier alpha value is -1.78. The van der Waals surface area contributed by atoms with E-state index in [0.717, 1.165) is 36.7 Å². The molecule has 2 aromatic rings. The number of halogens is 1. The van der Waals surface area contributed by atoms with Gasteiger partial charge >= 0.3 is 0 Å². The molecule has 2 aromatic carbocycles. The molecule has 0 aliphatic carbocycles. The maximum absolute atomic E-state index is 12.3. The van der Waals surface area contributed by atoms with Crippen molar-refractivity contribution in [3.63, 3.8) is 0 Å². The predicted octanol–water partition coefficient (Wildman–Crippen LogP) is 3.51. The van der Waals surface area contributed by atoms with Gasteiger partial charge in [-0.1, -0.05) is 35.9 Å². The molecule has 4 nitrogen and oxygen atoms in total. The number of benzene rings is 2. The number of amides is 1. The fraction of sp³-hybridized carbons (Fsp3) is 0.389. The van der Waals surface area contributed by atoms with Gasteiger partial charge in [0.15, 0.2) is 6.61 Å². The SMILES string of the molecule is COC1CCN(C(=O)COc2ccc(Cl)c3ccccc23)CC1. The standard InChI is InChI=1S/C18H20ClNO3/c1-22-13-8-10-20(11-9-13)18(21)12-23-17-7-6-16(19)14-4-2-3-5-15(14)17/h2-7,13H,8-12H2,1H3. The molecular weight excluding hydrogens is 314 g/mol. The van der Waals surface area contributed by atoms with Crippen molar-refractivity contribution in [1.29, 1.82) is 0 Å². The van der Waals surface area contributed by atoms with E-state index in [1.165, 1.54) is 0 Å². The van der Waals surface area contributed by atoms with Crippen LogP contribution >= 0.6 is 11.6 Å². The van der Waals surface area contributed by atoms with E-state index < -0.39 is 0 Å². The Morgan fingerprint density at radius 3 is 2.57 bits per heavy atom. The summed E-state index contributed by atoms with van der Waals surface area (Å²) in [6, 6.07) is 11.4. The van der Waals surface area contributed by atoms with E-state index in [2.05, 4.69) is 0 Å². The van der Waals surface area contributed by atoms with Gasteiger partial charge in [0.2, 0.25) is 0 Å². The van der Waals surface area contributed by atoms with Gasteiger partial charge in [-0.05, 0) is 25.0 Å². The van der Waals surface area contributed by atoms with E-state index in [1.54, 1.807) is 13.2 Å². The maximum Gasteiger partial charge on any atom is 0.260 e. The molecular formula is C18H20ClNO3. The fourth-order valence-corrected chi connectivity index (χ4v) is 3.16. The number of rotatable bonds is 4. The van der Waals surface area contributed by atoms with Gasteiger partial charge in [0.1, 0.15) is 5.75 Å². The van der Waals surface area contributed by atoms with E-state index >= 15 is 0 Å². The molecule has 0 bridgehead atoms. The maximum atomic E-state index is 12.3. The molecule has 0 N–H and O–H groups in total. The number of likely N-dealkylation sites (tertiary alicyclic amines) is 1. The van der Waals surface area contributed by atoms with Gasteiger partial charge in [0.05, 0.1) is 6.10 Å². The number of ether oxygens (including phenoxy) is 2. The van der Waals surface area contributed by atoms with Gasteiger partial charge in [-0.2, -0.15) is 0 Å². The lowest BCUT2D eigenvalue weighted by atomic mass is 10.1. The molecule has 0 atom stereocenters. The first-order chi connectivity index (χ1) is 11.2. The van der Waals surface area contributed by atoms with Crippen molar-refractivity contribution in [2.24, 2.45) is 0 Å². The second kappa shape index (κ2) is 7.20. The van der Waals surface area contributed by atoms with Crippen LogP contribution in [-0.2, 0) is 9.53 Å². The Balaban J connectivity index is 1.65. The molecule has 3 rings (SSSR count). The average Bonchev–Trinajstić information content (AvgIpc) is 2.61. The first-order valence-electron chi connectivity index (χ1n) is 7.79. The van der Waals surface area contributed by atoms with Gasteiger partial charge in [-0.3, -0.25) is 4.79 Å². The van der Waals surface area contributed by atoms with Gasteiger partial charge in [-0.15, -0.1) is 0 Å². The molecule has 0 saturated carbocycles. The smallest absolute Gasteiger partial charge is 0.260 e. The van der Waals surface area contributed by atoms with Crippen molar-refractivity contribution in [3.05, 3.63) is 41.4 Å². The number of nitrogens with zero attached hydrogens (tertiary/aromatic N) is 1. The number of piperidine rings is 1. The molecule has 5 heteroatoms. The van der Waals surface area contributed by atoms with E-state index in [1.807, 2.05) is 35.2 Å². The van der Waals surface area contributed by atoms with Crippen LogP contribution in [0.15, 0.2) is 36.4 Å². The molecule has 23 heavy (non-hydrogen) atoms. The van der Waals surface area contributed by atoms with E-state index in [0.29, 0.717) is 10.8 Å².